The molecular formula is C27H39N5O3. The molecule has 2 aliphatic heterocycles. The average molecular weight is 482 g/mol. The fraction of sp³-hybridized carbons (Fsp3) is 0.667. The van der Waals surface area contributed by atoms with Crippen molar-refractivity contribution >= 4 is 17.8 Å². The SMILES string of the molecule is CC(C)CCN1C(=O)C2CCC(C(=O)NC3CCCC3)CC2N2C(=O)N(Cc3ccccc3)NC12. The van der Waals surface area contributed by atoms with Gasteiger partial charge in [-0.05, 0) is 50.0 Å². The highest BCUT2D eigenvalue weighted by atomic mass is 16.2. The second-order valence-electron chi connectivity index (χ2n) is 11.2. The van der Waals surface area contributed by atoms with E-state index < -0.39 is 6.29 Å². The number of urea groups is 1. The molecule has 4 atom stereocenters. The lowest BCUT2D eigenvalue weighted by Gasteiger charge is -2.50. The van der Waals surface area contributed by atoms with Crippen LogP contribution in [0, 0.1) is 17.8 Å². The van der Waals surface area contributed by atoms with Crippen molar-refractivity contribution in [2.75, 3.05) is 6.54 Å². The maximum absolute atomic E-state index is 13.7. The molecule has 0 spiro atoms. The first-order chi connectivity index (χ1) is 16.9. The smallest absolute Gasteiger partial charge is 0.337 e. The summed E-state index contributed by atoms with van der Waals surface area (Å²) in [6.45, 7) is 5.35. The van der Waals surface area contributed by atoms with Gasteiger partial charge in [0.1, 0.15) is 0 Å². The lowest BCUT2D eigenvalue weighted by molar-refractivity contribution is -0.159. The highest BCUT2D eigenvalue weighted by molar-refractivity contribution is 5.87. The van der Waals surface area contributed by atoms with E-state index in [1.165, 1.54) is 12.8 Å². The van der Waals surface area contributed by atoms with Crippen LogP contribution in [0.5, 0.6) is 0 Å². The van der Waals surface area contributed by atoms with Crippen molar-refractivity contribution in [1.82, 2.24) is 25.6 Å². The summed E-state index contributed by atoms with van der Waals surface area (Å²) in [5, 5.41) is 4.88. The number of carbonyl (C=O) groups excluding carboxylic acids is 3. The minimum Gasteiger partial charge on any atom is -0.353 e. The number of carbonyl (C=O) groups is 3. The predicted octanol–water partition coefficient (Wildman–Crippen LogP) is 3.44. The second kappa shape index (κ2) is 10.2. The third-order valence-electron chi connectivity index (χ3n) is 8.26. The Bertz CT molecular complexity index is 932. The number of rotatable bonds is 7. The van der Waals surface area contributed by atoms with E-state index in [0.29, 0.717) is 38.3 Å². The molecule has 4 unspecified atom stereocenters. The highest BCUT2D eigenvalue weighted by Crippen LogP contribution is 2.41. The van der Waals surface area contributed by atoms with Gasteiger partial charge in [-0.3, -0.25) is 19.5 Å². The Kier molecular flexibility index (Phi) is 7.00. The maximum Gasteiger partial charge on any atom is 0.337 e. The first-order valence-electron chi connectivity index (χ1n) is 13.4. The summed E-state index contributed by atoms with van der Waals surface area (Å²) in [6.07, 6.45) is 6.76. The third kappa shape index (κ3) is 4.90. The zero-order chi connectivity index (χ0) is 24.5. The molecule has 0 aromatic heterocycles. The van der Waals surface area contributed by atoms with Crippen LogP contribution in [-0.2, 0) is 16.1 Å². The molecule has 0 bridgehead atoms. The van der Waals surface area contributed by atoms with E-state index in [9.17, 15) is 14.4 Å². The molecule has 4 aliphatic rings. The van der Waals surface area contributed by atoms with Crippen molar-refractivity contribution in [3.63, 3.8) is 0 Å². The molecule has 2 heterocycles. The van der Waals surface area contributed by atoms with Crippen LogP contribution in [0.1, 0.15) is 70.8 Å². The summed E-state index contributed by atoms with van der Waals surface area (Å²) >= 11 is 0. The molecule has 2 saturated heterocycles. The van der Waals surface area contributed by atoms with E-state index in [4.69, 9.17) is 0 Å². The first kappa shape index (κ1) is 24.1. The predicted molar refractivity (Wildman–Crippen MR) is 132 cm³/mol. The molecule has 2 saturated carbocycles. The fourth-order valence-corrected chi connectivity index (χ4v) is 6.26. The van der Waals surface area contributed by atoms with Crippen molar-refractivity contribution < 1.29 is 14.4 Å². The van der Waals surface area contributed by atoms with Crippen molar-refractivity contribution in [3.8, 4) is 0 Å². The molecule has 35 heavy (non-hydrogen) atoms. The largest absolute Gasteiger partial charge is 0.353 e. The van der Waals surface area contributed by atoms with Crippen LogP contribution >= 0.6 is 0 Å². The van der Waals surface area contributed by atoms with E-state index in [2.05, 4.69) is 24.6 Å². The fourth-order valence-electron chi connectivity index (χ4n) is 6.26. The molecule has 4 fully saturated rings. The third-order valence-corrected chi connectivity index (χ3v) is 8.26. The summed E-state index contributed by atoms with van der Waals surface area (Å²) in [6, 6.07) is 9.82. The molecule has 4 amide bonds. The maximum atomic E-state index is 13.7. The normalized spacial score (nSPS) is 29.1. The second-order valence-corrected chi connectivity index (χ2v) is 11.2. The van der Waals surface area contributed by atoms with Gasteiger partial charge < -0.3 is 10.2 Å². The quantitative estimate of drug-likeness (QED) is 0.625. The number of nitrogens with one attached hydrogen (secondary N) is 2. The van der Waals surface area contributed by atoms with E-state index in [1.807, 2.05) is 40.1 Å². The molecule has 1 aromatic carbocycles. The molecule has 2 aliphatic carbocycles. The van der Waals surface area contributed by atoms with Crippen molar-refractivity contribution in [2.45, 2.75) is 90.1 Å². The Labute approximate surface area is 208 Å². The summed E-state index contributed by atoms with van der Waals surface area (Å²) in [5.74, 6) is 0.289. The lowest BCUT2D eigenvalue weighted by atomic mass is 9.75. The number of hydrogen-bond acceptors (Lipinski definition) is 4. The Morgan fingerprint density at radius 3 is 2.54 bits per heavy atom. The standard InChI is InChI=1S/C27H39N5O3/c1-18(2)14-15-30-25(34)22-13-12-20(24(33)28-21-10-6-7-11-21)16-23(22)32-26(30)29-31(27(32)35)17-19-8-4-3-5-9-19/h3-5,8-9,18,20-23,26,29H,6-7,10-17H2,1-2H3,(H,28,33). The topological polar surface area (TPSA) is 85.0 Å². The van der Waals surface area contributed by atoms with Gasteiger partial charge in [-0.25, -0.2) is 4.79 Å². The minimum atomic E-state index is -0.490. The van der Waals surface area contributed by atoms with Gasteiger partial charge in [0.05, 0.1) is 12.5 Å². The number of hydrazine groups is 1. The van der Waals surface area contributed by atoms with Crippen LogP contribution in [0.4, 0.5) is 4.79 Å². The van der Waals surface area contributed by atoms with Crippen LogP contribution < -0.4 is 10.7 Å². The van der Waals surface area contributed by atoms with E-state index in [1.54, 1.807) is 5.01 Å². The number of nitrogens with zero attached hydrogens (tertiary/aromatic N) is 3. The Hall–Kier alpha value is -2.61. The molecule has 2 N–H and O–H groups in total. The molecule has 0 radical (unpaired) electrons. The summed E-state index contributed by atoms with van der Waals surface area (Å²) in [5.41, 5.74) is 4.38. The van der Waals surface area contributed by atoms with Gasteiger partial charge in [-0.2, -0.15) is 5.43 Å². The molecule has 1 aromatic rings. The molecule has 8 nitrogen and oxygen atoms in total. The van der Waals surface area contributed by atoms with Crippen LogP contribution in [-0.4, -0.2) is 57.6 Å². The zero-order valence-corrected chi connectivity index (χ0v) is 21.0. The van der Waals surface area contributed by atoms with Crippen LogP contribution in [0.3, 0.4) is 0 Å². The van der Waals surface area contributed by atoms with Gasteiger partial charge in [0, 0.05) is 24.5 Å². The number of hydrogen-bond donors (Lipinski definition) is 2. The van der Waals surface area contributed by atoms with Crippen LogP contribution in [0.2, 0.25) is 0 Å². The van der Waals surface area contributed by atoms with Gasteiger partial charge in [0.15, 0.2) is 6.29 Å². The summed E-state index contributed by atoms with van der Waals surface area (Å²) in [7, 11) is 0. The van der Waals surface area contributed by atoms with Gasteiger partial charge >= 0.3 is 6.03 Å². The Morgan fingerprint density at radius 2 is 1.83 bits per heavy atom. The van der Waals surface area contributed by atoms with Crippen LogP contribution in [0.25, 0.3) is 0 Å². The Morgan fingerprint density at radius 1 is 1.09 bits per heavy atom. The number of amides is 4. The highest BCUT2D eigenvalue weighted by Gasteiger charge is 2.55. The summed E-state index contributed by atoms with van der Waals surface area (Å²) < 4.78 is 0. The van der Waals surface area contributed by atoms with Gasteiger partial charge in [-0.15, -0.1) is 0 Å². The van der Waals surface area contributed by atoms with Gasteiger partial charge in [-0.1, -0.05) is 57.0 Å². The molecule has 5 rings (SSSR count). The van der Waals surface area contributed by atoms with E-state index in [0.717, 1.165) is 24.8 Å². The lowest BCUT2D eigenvalue weighted by Crippen LogP contribution is -2.67. The van der Waals surface area contributed by atoms with Crippen molar-refractivity contribution in [1.29, 1.82) is 0 Å². The first-order valence-corrected chi connectivity index (χ1v) is 13.4. The minimum absolute atomic E-state index is 0.0994. The Balaban J connectivity index is 1.36. The number of fused-ring (bicyclic) bond motifs is 3. The summed E-state index contributed by atoms with van der Waals surface area (Å²) in [4.78, 5) is 44.2. The van der Waals surface area contributed by atoms with Gasteiger partial charge in [0.2, 0.25) is 11.8 Å². The molecular weight excluding hydrogens is 442 g/mol. The average Bonchev–Trinajstić information content (AvgIpc) is 3.47. The van der Waals surface area contributed by atoms with Gasteiger partial charge in [0.25, 0.3) is 0 Å². The van der Waals surface area contributed by atoms with Crippen LogP contribution in [0.15, 0.2) is 30.3 Å². The molecule has 190 valence electrons. The molecule has 8 heteroatoms. The van der Waals surface area contributed by atoms with Crippen molar-refractivity contribution in [2.24, 2.45) is 17.8 Å². The monoisotopic (exact) mass is 481 g/mol. The van der Waals surface area contributed by atoms with E-state index in [-0.39, 0.29) is 41.8 Å². The zero-order valence-electron chi connectivity index (χ0n) is 21.0. The van der Waals surface area contributed by atoms with Crippen molar-refractivity contribution in [3.05, 3.63) is 35.9 Å². The van der Waals surface area contributed by atoms with E-state index >= 15 is 0 Å². The number of benzene rings is 1.